The van der Waals surface area contributed by atoms with Crippen LogP contribution in [0.15, 0.2) is 194 Å². The Labute approximate surface area is 311 Å². The minimum Gasteiger partial charge on any atom is -0.309 e. The largest absolute Gasteiger partial charge is 0.309 e. The van der Waals surface area contributed by atoms with E-state index in [4.69, 9.17) is 9.97 Å². The van der Waals surface area contributed by atoms with Crippen LogP contribution in [0.5, 0.6) is 0 Å². The molecule has 0 aliphatic rings. The first-order chi connectivity index (χ1) is 26.8. The Hall–Kier alpha value is -7.30. The van der Waals surface area contributed by atoms with Gasteiger partial charge in [0.2, 0.25) is 0 Å². The first-order valence-corrected chi connectivity index (χ1v) is 18.3. The van der Waals surface area contributed by atoms with Crippen LogP contribution in [-0.4, -0.2) is 19.1 Å². The molecule has 4 heteroatoms. The summed E-state index contributed by atoms with van der Waals surface area (Å²) in [5.41, 5.74) is 13.4. The van der Waals surface area contributed by atoms with E-state index in [-0.39, 0.29) is 0 Å². The van der Waals surface area contributed by atoms with Gasteiger partial charge in [-0.3, -0.25) is 9.55 Å². The summed E-state index contributed by atoms with van der Waals surface area (Å²) < 4.78 is 4.66. The van der Waals surface area contributed by atoms with Crippen LogP contribution in [0.2, 0.25) is 0 Å². The minimum absolute atomic E-state index is 0.926. The van der Waals surface area contributed by atoms with Crippen molar-refractivity contribution in [2.75, 3.05) is 0 Å². The molecule has 8 aromatic carbocycles. The fourth-order valence-electron chi connectivity index (χ4n) is 8.33. The lowest BCUT2D eigenvalue weighted by Crippen LogP contribution is -1.97. The van der Waals surface area contributed by atoms with Crippen LogP contribution in [0.1, 0.15) is 0 Å². The van der Waals surface area contributed by atoms with Crippen LogP contribution in [0.25, 0.3) is 99.5 Å². The molecule has 11 aromatic rings. The molecule has 0 unspecified atom stereocenters. The highest BCUT2D eigenvalue weighted by Gasteiger charge is 2.21. The second kappa shape index (κ2) is 12.1. The van der Waals surface area contributed by atoms with Gasteiger partial charge in [-0.1, -0.05) is 127 Å². The molecule has 0 N–H and O–H groups in total. The van der Waals surface area contributed by atoms with E-state index >= 15 is 0 Å². The number of imidazole rings is 1. The number of hydrogen-bond acceptors (Lipinski definition) is 2. The van der Waals surface area contributed by atoms with Gasteiger partial charge in [-0.05, 0) is 82.7 Å². The van der Waals surface area contributed by atoms with Gasteiger partial charge in [0.15, 0.2) is 0 Å². The maximum Gasteiger partial charge on any atom is 0.145 e. The molecular weight excluding hydrogens is 657 g/mol. The number of para-hydroxylation sites is 6. The van der Waals surface area contributed by atoms with E-state index in [1.54, 1.807) is 0 Å². The first kappa shape index (κ1) is 30.3. The topological polar surface area (TPSA) is 35.6 Å². The van der Waals surface area contributed by atoms with E-state index in [1.807, 2.05) is 6.07 Å². The van der Waals surface area contributed by atoms with Crippen LogP contribution >= 0.6 is 0 Å². The molecule has 11 rings (SSSR count). The molecule has 0 fully saturated rings. The average molecular weight is 689 g/mol. The average Bonchev–Trinajstić information content (AvgIpc) is 3.80. The SMILES string of the molecule is c1ccc(-n2c(-c3ccc(-c4cccc(-c5c6cnc7ccccc7c6cc6c5c5ccccc5n6-c5ccccc5)c4)cc3)nc3ccccc32)cc1. The van der Waals surface area contributed by atoms with Gasteiger partial charge in [0.05, 0.1) is 27.6 Å². The van der Waals surface area contributed by atoms with Crippen molar-refractivity contribution in [3.63, 3.8) is 0 Å². The van der Waals surface area contributed by atoms with E-state index < -0.39 is 0 Å². The molecule has 0 bridgehead atoms. The summed E-state index contributed by atoms with van der Waals surface area (Å²) in [7, 11) is 0. The third-order valence-electron chi connectivity index (χ3n) is 10.7. The van der Waals surface area contributed by atoms with Crippen molar-refractivity contribution in [2.24, 2.45) is 0 Å². The molecule has 0 atom stereocenters. The Morgan fingerprint density at radius 3 is 1.74 bits per heavy atom. The van der Waals surface area contributed by atoms with Crippen molar-refractivity contribution in [1.29, 1.82) is 0 Å². The molecule has 0 saturated carbocycles. The molecule has 3 heterocycles. The molecule has 0 amide bonds. The Kier molecular flexibility index (Phi) is 6.82. The summed E-state index contributed by atoms with van der Waals surface area (Å²) in [4.78, 5) is 10.1. The molecule has 4 nitrogen and oxygen atoms in total. The van der Waals surface area contributed by atoms with E-state index in [9.17, 15) is 0 Å². The third-order valence-corrected chi connectivity index (χ3v) is 10.7. The number of fused-ring (bicyclic) bond motifs is 7. The number of benzene rings is 8. The molecule has 54 heavy (non-hydrogen) atoms. The van der Waals surface area contributed by atoms with Crippen molar-refractivity contribution in [1.82, 2.24) is 19.1 Å². The highest BCUT2D eigenvalue weighted by molar-refractivity contribution is 6.26. The van der Waals surface area contributed by atoms with Crippen molar-refractivity contribution in [3.05, 3.63) is 194 Å². The Bertz CT molecular complexity index is 3190. The number of hydrogen-bond donors (Lipinski definition) is 0. The highest BCUT2D eigenvalue weighted by atomic mass is 15.1. The normalized spacial score (nSPS) is 11.7. The fraction of sp³-hybridized carbons (Fsp3) is 0. The number of rotatable bonds is 5. The maximum absolute atomic E-state index is 5.10. The van der Waals surface area contributed by atoms with E-state index in [1.165, 1.54) is 32.8 Å². The molecule has 0 spiro atoms. The molecule has 252 valence electrons. The van der Waals surface area contributed by atoms with Gasteiger partial charge in [0.1, 0.15) is 5.82 Å². The van der Waals surface area contributed by atoms with Crippen molar-refractivity contribution >= 4 is 54.5 Å². The van der Waals surface area contributed by atoms with Gasteiger partial charge in [-0.15, -0.1) is 0 Å². The van der Waals surface area contributed by atoms with Crippen LogP contribution in [0, 0.1) is 0 Å². The van der Waals surface area contributed by atoms with Gasteiger partial charge in [0.25, 0.3) is 0 Å². The third kappa shape index (κ3) is 4.70. The summed E-state index contributed by atoms with van der Waals surface area (Å²) in [6.45, 7) is 0. The monoisotopic (exact) mass is 688 g/mol. The quantitative estimate of drug-likeness (QED) is 0.169. The Balaban J connectivity index is 1.12. The second-order valence-corrected chi connectivity index (χ2v) is 13.8. The number of pyridine rings is 1. The molecule has 0 radical (unpaired) electrons. The molecule has 0 aliphatic heterocycles. The molecule has 3 aromatic heterocycles. The summed E-state index contributed by atoms with van der Waals surface area (Å²) in [5.74, 6) is 0.926. The van der Waals surface area contributed by atoms with Gasteiger partial charge >= 0.3 is 0 Å². The predicted molar refractivity (Wildman–Crippen MR) is 225 cm³/mol. The summed E-state index contributed by atoms with van der Waals surface area (Å²) >= 11 is 0. The zero-order valence-corrected chi connectivity index (χ0v) is 29.3. The second-order valence-electron chi connectivity index (χ2n) is 13.8. The van der Waals surface area contributed by atoms with Crippen LogP contribution in [0.3, 0.4) is 0 Å². The highest BCUT2D eigenvalue weighted by Crippen LogP contribution is 2.45. The zero-order chi connectivity index (χ0) is 35.6. The lowest BCUT2D eigenvalue weighted by atomic mass is 9.91. The predicted octanol–water partition coefficient (Wildman–Crippen LogP) is 12.8. The van der Waals surface area contributed by atoms with E-state index in [2.05, 4.69) is 197 Å². The van der Waals surface area contributed by atoms with Gasteiger partial charge in [-0.2, -0.15) is 0 Å². The molecular formula is C50H32N4. The van der Waals surface area contributed by atoms with Crippen molar-refractivity contribution < 1.29 is 0 Å². The molecule has 0 saturated heterocycles. The summed E-state index contributed by atoms with van der Waals surface area (Å²) in [5, 5.41) is 5.93. The van der Waals surface area contributed by atoms with Gasteiger partial charge < -0.3 is 4.57 Å². The Morgan fingerprint density at radius 2 is 0.963 bits per heavy atom. The smallest absolute Gasteiger partial charge is 0.145 e. The number of nitrogens with zero attached hydrogens (tertiary/aromatic N) is 4. The standard InChI is InChI=1S/C50H32N4/c1-3-16-37(17-4-1)53-45-24-11-8-21-40(45)49-47(53)31-41-39-20-7-9-22-43(39)51-32-42(41)48(49)36-15-13-14-35(30-36)33-26-28-34(29-27-33)50-52-44-23-10-12-25-46(44)54(50)38-18-5-2-6-19-38/h1-32H. The van der Waals surface area contributed by atoms with Gasteiger partial charge in [-0.25, -0.2) is 4.98 Å². The summed E-state index contributed by atoms with van der Waals surface area (Å²) in [6.07, 6.45) is 2.07. The van der Waals surface area contributed by atoms with Crippen molar-refractivity contribution in [3.8, 4) is 45.0 Å². The number of aromatic nitrogens is 4. The fourth-order valence-corrected chi connectivity index (χ4v) is 8.33. The first-order valence-electron chi connectivity index (χ1n) is 18.3. The summed E-state index contributed by atoms with van der Waals surface area (Å²) in [6, 6.07) is 66.9. The van der Waals surface area contributed by atoms with Crippen molar-refractivity contribution in [2.45, 2.75) is 0 Å². The maximum atomic E-state index is 5.10. The lowest BCUT2D eigenvalue weighted by Gasteiger charge is -2.15. The minimum atomic E-state index is 0.926. The zero-order valence-electron chi connectivity index (χ0n) is 29.3. The van der Waals surface area contributed by atoms with E-state index in [0.29, 0.717) is 0 Å². The van der Waals surface area contributed by atoms with Gasteiger partial charge in [0, 0.05) is 50.2 Å². The van der Waals surface area contributed by atoms with Crippen LogP contribution in [-0.2, 0) is 0 Å². The lowest BCUT2D eigenvalue weighted by molar-refractivity contribution is 1.10. The van der Waals surface area contributed by atoms with Crippen LogP contribution in [0.4, 0.5) is 0 Å². The van der Waals surface area contributed by atoms with E-state index in [0.717, 1.165) is 66.8 Å². The Morgan fingerprint density at radius 1 is 0.352 bits per heavy atom. The molecule has 0 aliphatic carbocycles. The van der Waals surface area contributed by atoms with Crippen LogP contribution < -0.4 is 0 Å².